The minimum absolute atomic E-state index is 0.00145. The molecule has 1 aromatic carbocycles. The third kappa shape index (κ3) is 2.61. The van der Waals surface area contributed by atoms with E-state index in [9.17, 15) is 4.79 Å². The van der Waals surface area contributed by atoms with Crippen molar-refractivity contribution in [2.75, 3.05) is 5.32 Å². The summed E-state index contributed by atoms with van der Waals surface area (Å²) >= 11 is 0. The monoisotopic (exact) mass is 337 g/mol. The average Bonchev–Trinajstić information content (AvgIpc) is 3.26. The molecule has 25 heavy (non-hydrogen) atoms. The number of aryl methyl sites for hydroxylation is 3. The Morgan fingerprint density at radius 2 is 2.16 bits per heavy atom. The van der Waals surface area contributed by atoms with Gasteiger partial charge in [0.25, 0.3) is 5.89 Å². The summed E-state index contributed by atoms with van der Waals surface area (Å²) < 4.78 is 7.46. The van der Waals surface area contributed by atoms with Crippen molar-refractivity contribution in [3.8, 4) is 11.5 Å². The lowest BCUT2D eigenvalue weighted by atomic mass is 9.85. The molecule has 128 valence electrons. The highest BCUT2D eigenvalue weighted by molar-refractivity contribution is 6.06. The first-order valence-corrected chi connectivity index (χ1v) is 8.22. The fraction of sp³-hybridized carbons (Fsp3) is 0.333. The summed E-state index contributed by atoms with van der Waals surface area (Å²) in [6, 6.07) is 5.72. The van der Waals surface area contributed by atoms with Crippen LogP contribution in [0.1, 0.15) is 31.1 Å². The highest BCUT2D eigenvalue weighted by atomic mass is 16.5. The molecule has 3 aromatic rings. The van der Waals surface area contributed by atoms with Crippen molar-refractivity contribution >= 4 is 11.6 Å². The molecule has 2 aromatic heterocycles. The van der Waals surface area contributed by atoms with E-state index >= 15 is 0 Å². The van der Waals surface area contributed by atoms with Gasteiger partial charge in [0.05, 0.1) is 5.41 Å². The largest absolute Gasteiger partial charge is 0.335 e. The van der Waals surface area contributed by atoms with E-state index in [1.807, 2.05) is 49.7 Å². The van der Waals surface area contributed by atoms with Gasteiger partial charge >= 0.3 is 0 Å². The zero-order valence-electron chi connectivity index (χ0n) is 14.4. The molecule has 0 saturated carbocycles. The van der Waals surface area contributed by atoms with Crippen molar-refractivity contribution in [2.24, 2.45) is 0 Å². The summed E-state index contributed by atoms with van der Waals surface area (Å²) in [5.74, 6) is 2.08. The molecule has 1 aliphatic heterocycles. The fourth-order valence-electron chi connectivity index (χ4n) is 3.04. The SMILES string of the molecule is Cc1nccn1CCc1noc(-c2ccc3c(c2)C(C)(C)C(=O)N3)n1. The second-order valence-corrected chi connectivity index (χ2v) is 6.77. The number of benzene rings is 1. The van der Waals surface area contributed by atoms with Gasteiger partial charge in [-0.05, 0) is 44.5 Å². The zero-order chi connectivity index (χ0) is 17.6. The molecule has 0 bridgehead atoms. The highest BCUT2D eigenvalue weighted by Crippen LogP contribution is 2.39. The number of imidazole rings is 1. The highest BCUT2D eigenvalue weighted by Gasteiger charge is 2.38. The van der Waals surface area contributed by atoms with E-state index in [0.29, 0.717) is 18.1 Å². The summed E-state index contributed by atoms with van der Waals surface area (Å²) in [5, 5.41) is 6.96. The lowest BCUT2D eigenvalue weighted by Crippen LogP contribution is -2.26. The lowest BCUT2D eigenvalue weighted by Gasteiger charge is -2.15. The predicted molar refractivity (Wildman–Crippen MR) is 92.1 cm³/mol. The Labute approximate surface area is 145 Å². The number of nitrogens with zero attached hydrogens (tertiary/aromatic N) is 4. The Balaban J connectivity index is 1.56. The Bertz CT molecular complexity index is 954. The van der Waals surface area contributed by atoms with Gasteiger partial charge in [-0.1, -0.05) is 5.16 Å². The van der Waals surface area contributed by atoms with E-state index in [-0.39, 0.29) is 5.91 Å². The third-order valence-corrected chi connectivity index (χ3v) is 4.72. The Morgan fingerprint density at radius 1 is 1.32 bits per heavy atom. The van der Waals surface area contributed by atoms with E-state index in [1.54, 1.807) is 6.20 Å². The van der Waals surface area contributed by atoms with Crippen LogP contribution in [0.25, 0.3) is 11.5 Å². The maximum absolute atomic E-state index is 12.1. The molecule has 4 rings (SSSR count). The molecule has 1 aliphatic rings. The quantitative estimate of drug-likeness (QED) is 0.791. The van der Waals surface area contributed by atoms with Crippen molar-refractivity contribution < 1.29 is 9.32 Å². The first-order valence-electron chi connectivity index (χ1n) is 8.22. The van der Waals surface area contributed by atoms with E-state index in [4.69, 9.17) is 4.52 Å². The molecule has 0 aliphatic carbocycles. The number of anilines is 1. The maximum Gasteiger partial charge on any atom is 0.257 e. The molecule has 7 heteroatoms. The van der Waals surface area contributed by atoms with Gasteiger partial charge in [0.2, 0.25) is 5.91 Å². The Morgan fingerprint density at radius 3 is 2.92 bits per heavy atom. The van der Waals surface area contributed by atoms with E-state index < -0.39 is 5.41 Å². The van der Waals surface area contributed by atoms with E-state index in [2.05, 4.69) is 20.4 Å². The third-order valence-electron chi connectivity index (χ3n) is 4.72. The van der Waals surface area contributed by atoms with Gasteiger partial charge in [-0.3, -0.25) is 4.79 Å². The number of rotatable bonds is 4. The van der Waals surface area contributed by atoms with Gasteiger partial charge in [0.15, 0.2) is 5.82 Å². The zero-order valence-corrected chi connectivity index (χ0v) is 14.4. The van der Waals surface area contributed by atoms with E-state index in [0.717, 1.165) is 29.2 Å². The van der Waals surface area contributed by atoms with Crippen LogP contribution in [-0.2, 0) is 23.2 Å². The summed E-state index contributed by atoms with van der Waals surface area (Å²) in [7, 11) is 0. The number of nitrogens with one attached hydrogen (secondary N) is 1. The van der Waals surface area contributed by atoms with Crippen molar-refractivity contribution in [1.82, 2.24) is 19.7 Å². The van der Waals surface area contributed by atoms with Crippen molar-refractivity contribution in [3.63, 3.8) is 0 Å². The van der Waals surface area contributed by atoms with Crippen molar-refractivity contribution in [2.45, 2.75) is 39.2 Å². The Hall–Kier alpha value is -2.96. The number of carbonyl (C=O) groups is 1. The van der Waals surface area contributed by atoms with Crippen LogP contribution >= 0.6 is 0 Å². The van der Waals surface area contributed by atoms with Gasteiger partial charge in [0, 0.05) is 36.6 Å². The molecule has 0 unspecified atom stereocenters. The molecule has 1 amide bonds. The van der Waals surface area contributed by atoms with Crippen LogP contribution in [0, 0.1) is 6.92 Å². The van der Waals surface area contributed by atoms with Crippen LogP contribution in [0.5, 0.6) is 0 Å². The minimum Gasteiger partial charge on any atom is -0.335 e. The van der Waals surface area contributed by atoms with Gasteiger partial charge in [-0.2, -0.15) is 4.98 Å². The standard InChI is InChI=1S/C18H19N5O2/c1-11-19-7-9-23(11)8-6-15-21-16(25-22-15)12-4-5-14-13(10-12)18(2,3)17(24)20-14/h4-5,7,9-10H,6,8H2,1-3H3,(H,20,24). The van der Waals surface area contributed by atoms with Gasteiger partial charge < -0.3 is 14.4 Å². The van der Waals surface area contributed by atoms with Crippen LogP contribution < -0.4 is 5.32 Å². The molecule has 7 nitrogen and oxygen atoms in total. The molecule has 0 spiro atoms. The normalized spacial score (nSPS) is 15.2. The van der Waals surface area contributed by atoms with Crippen LogP contribution in [-0.4, -0.2) is 25.6 Å². The van der Waals surface area contributed by atoms with Crippen molar-refractivity contribution in [1.29, 1.82) is 0 Å². The second kappa shape index (κ2) is 5.54. The molecule has 0 saturated heterocycles. The molecular weight excluding hydrogens is 318 g/mol. The number of hydrogen-bond acceptors (Lipinski definition) is 5. The predicted octanol–water partition coefficient (Wildman–Crippen LogP) is 2.71. The molecular formula is C18H19N5O2. The van der Waals surface area contributed by atoms with Crippen LogP contribution in [0.3, 0.4) is 0 Å². The number of fused-ring (bicyclic) bond motifs is 1. The van der Waals surface area contributed by atoms with Gasteiger partial charge in [-0.15, -0.1) is 0 Å². The lowest BCUT2D eigenvalue weighted by molar-refractivity contribution is -0.119. The smallest absolute Gasteiger partial charge is 0.257 e. The summed E-state index contributed by atoms with van der Waals surface area (Å²) in [5.41, 5.74) is 2.05. The van der Waals surface area contributed by atoms with Crippen LogP contribution in [0.4, 0.5) is 5.69 Å². The number of carbonyl (C=O) groups excluding carboxylic acids is 1. The van der Waals surface area contributed by atoms with Crippen molar-refractivity contribution in [3.05, 3.63) is 47.8 Å². The second-order valence-electron chi connectivity index (χ2n) is 6.77. The first-order chi connectivity index (χ1) is 11.9. The Kier molecular flexibility index (Phi) is 3.45. The number of aromatic nitrogens is 4. The summed E-state index contributed by atoms with van der Waals surface area (Å²) in [4.78, 5) is 20.7. The molecule has 1 N–H and O–H groups in total. The van der Waals surface area contributed by atoms with E-state index in [1.165, 1.54) is 0 Å². The minimum atomic E-state index is -0.562. The maximum atomic E-state index is 12.1. The van der Waals surface area contributed by atoms with Gasteiger partial charge in [0.1, 0.15) is 5.82 Å². The van der Waals surface area contributed by atoms with Gasteiger partial charge in [-0.25, -0.2) is 4.98 Å². The number of amides is 1. The molecule has 0 atom stereocenters. The molecule has 3 heterocycles. The topological polar surface area (TPSA) is 85.8 Å². The molecule has 0 radical (unpaired) electrons. The molecule has 0 fully saturated rings. The van der Waals surface area contributed by atoms with Crippen LogP contribution in [0.2, 0.25) is 0 Å². The average molecular weight is 337 g/mol. The summed E-state index contributed by atoms with van der Waals surface area (Å²) in [6.45, 7) is 6.53. The van der Waals surface area contributed by atoms with Crippen LogP contribution in [0.15, 0.2) is 35.1 Å². The summed E-state index contributed by atoms with van der Waals surface area (Å²) in [6.07, 6.45) is 4.37. The fourth-order valence-corrected chi connectivity index (χ4v) is 3.04. The first kappa shape index (κ1) is 15.6. The number of hydrogen-bond donors (Lipinski definition) is 1.